The van der Waals surface area contributed by atoms with E-state index in [0.29, 0.717) is 19.8 Å². The van der Waals surface area contributed by atoms with E-state index in [1.807, 2.05) is 0 Å². The van der Waals surface area contributed by atoms with Crippen molar-refractivity contribution >= 4 is 0 Å². The maximum Gasteiger partial charge on any atom is 0.0696 e. The normalized spacial score (nSPS) is 5.67. The first-order valence-electron chi connectivity index (χ1n) is 3.85. The van der Waals surface area contributed by atoms with Crippen LogP contribution in [0, 0.1) is 0 Å². The van der Waals surface area contributed by atoms with Gasteiger partial charge in [-0.2, -0.15) is 0 Å². The van der Waals surface area contributed by atoms with E-state index in [9.17, 15) is 0 Å². The SMILES string of the molecule is C.C.C.C.CO.COCCO.COCCOC.[W]. The van der Waals surface area contributed by atoms with Gasteiger partial charge in [0.2, 0.25) is 0 Å². The van der Waals surface area contributed by atoms with Crippen molar-refractivity contribution in [2.75, 3.05) is 54.9 Å². The summed E-state index contributed by atoms with van der Waals surface area (Å²) < 4.78 is 13.8. The van der Waals surface area contributed by atoms with E-state index in [0.717, 1.165) is 7.11 Å². The number of hydrogen-bond donors (Lipinski definition) is 2. The molecule has 18 heavy (non-hydrogen) atoms. The van der Waals surface area contributed by atoms with Gasteiger partial charge in [-0.25, -0.2) is 0 Å². The average molecular weight is 446 g/mol. The topological polar surface area (TPSA) is 68.2 Å². The van der Waals surface area contributed by atoms with Crippen molar-refractivity contribution in [3.8, 4) is 0 Å². The molecule has 0 aromatic heterocycles. The van der Waals surface area contributed by atoms with E-state index < -0.39 is 0 Å². The molecule has 5 nitrogen and oxygen atoms in total. The number of methoxy groups -OCH3 is 3. The second-order valence-corrected chi connectivity index (χ2v) is 1.70. The molecular formula is C12H38O5W. The number of hydrogen-bond acceptors (Lipinski definition) is 5. The molecule has 0 aromatic carbocycles. The molecule has 0 amide bonds. The van der Waals surface area contributed by atoms with Crippen molar-refractivity contribution in [3.63, 3.8) is 0 Å². The van der Waals surface area contributed by atoms with Gasteiger partial charge in [0.25, 0.3) is 0 Å². The van der Waals surface area contributed by atoms with Crippen molar-refractivity contribution in [3.05, 3.63) is 0 Å². The Hall–Kier alpha value is 0.488. The first-order chi connectivity index (χ1) is 6.33. The summed E-state index contributed by atoms with van der Waals surface area (Å²) in [5.74, 6) is 0. The predicted octanol–water partition coefficient (Wildman–Crippen LogP) is 2.05. The molecule has 0 saturated heterocycles. The molecule has 0 aromatic rings. The van der Waals surface area contributed by atoms with Crippen LogP contribution < -0.4 is 0 Å². The Kier molecular flexibility index (Phi) is 242. The third-order valence-corrected chi connectivity index (χ3v) is 0.787. The molecule has 0 fully saturated rings. The molecule has 0 heterocycles. The van der Waals surface area contributed by atoms with Gasteiger partial charge in [0.15, 0.2) is 0 Å². The molecular weight excluding hydrogens is 408 g/mol. The summed E-state index contributed by atoms with van der Waals surface area (Å²) in [5.41, 5.74) is 0. The largest absolute Gasteiger partial charge is 0.400 e. The minimum absolute atomic E-state index is 0. The van der Waals surface area contributed by atoms with E-state index in [1.165, 1.54) is 0 Å². The van der Waals surface area contributed by atoms with Crippen LogP contribution in [0.2, 0.25) is 0 Å². The zero-order valence-corrected chi connectivity index (χ0v) is 12.3. The van der Waals surface area contributed by atoms with Crippen molar-refractivity contribution < 1.29 is 45.5 Å². The monoisotopic (exact) mass is 446 g/mol. The van der Waals surface area contributed by atoms with Gasteiger partial charge in [0, 0.05) is 49.5 Å². The molecule has 0 spiro atoms. The van der Waals surface area contributed by atoms with Crippen LogP contribution in [0.5, 0.6) is 0 Å². The van der Waals surface area contributed by atoms with Crippen LogP contribution in [0.15, 0.2) is 0 Å². The van der Waals surface area contributed by atoms with Crippen LogP contribution in [0.4, 0.5) is 0 Å². The Morgan fingerprint density at radius 1 is 0.667 bits per heavy atom. The fraction of sp³-hybridized carbons (Fsp3) is 1.00. The second kappa shape index (κ2) is 84.8. The molecule has 0 aliphatic carbocycles. The molecule has 0 aliphatic heterocycles. The quantitative estimate of drug-likeness (QED) is 0.633. The summed E-state index contributed by atoms with van der Waals surface area (Å²) in [6.07, 6.45) is 0. The molecule has 6 heteroatoms. The second-order valence-electron chi connectivity index (χ2n) is 1.70. The van der Waals surface area contributed by atoms with E-state index in [4.69, 9.17) is 10.2 Å². The molecule has 0 unspecified atom stereocenters. The molecule has 2 N–H and O–H groups in total. The van der Waals surface area contributed by atoms with Crippen LogP contribution in [-0.4, -0.2) is 65.1 Å². The Bertz CT molecular complexity index is 53.7. The molecule has 0 bridgehead atoms. The van der Waals surface area contributed by atoms with Crippen LogP contribution in [0.3, 0.4) is 0 Å². The van der Waals surface area contributed by atoms with Crippen molar-refractivity contribution in [1.29, 1.82) is 0 Å². The third kappa shape index (κ3) is 131. The van der Waals surface area contributed by atoms with Gasteiger partial charge in [-0.05, 0) is 0 Å². The Labute approximate surface area is 130 Å². The summed E-state index contributed by atoms with van der Waals surface area (Å²) in [6.45, 7) is 1.95. The summed E-state index contributed by atoms with van der Waals surface area (Å²) in [7, 11) is 5.86. The molecule has 0 aliphatic rings. The van der Waals surface area contributed by atoms with Crippen LogP contribution in [0.25, 0.3) is 0 Å². The van der Waals surface area contributed by atoms with Gasteiger partial charge < -0.3 is 24.4 Å². The van der Waals surface area contributed by atoms with Gasteiger partial charge >= 0.3 is 0 Å². The molecule has 122 valence electrons. The first-order valence-corrected chi connectivity index (χ1v) is 3.85. The predicted molar refractivity (Wildman–Crippen MR) is 77.8 cm³/mol. The van der Waals surface area contributed by atoms with E-state index in [2.05, 4.69) is 14.2 Å². The van der Waals surface area contributed by atoms with E-state index in [1.54, 1.807) is 21.3 Å². The molecule has 0 radical (unpaired) electrons. The molecule has 0 saturated carbocycles. The number of aliphatic hydroxyl groups is 2. The van der Waals surface area contributed by atoms with Crippen molar-refractivity contribution in [2.24, 2.45) is 0 Å². The standard InChI is InChI=1S/C4H10O2.C3H8O2.CH4O.4CH4.W/c1-5-3-4-6-2;1-5-3-2-4;1-2;;;;;/h3-4H2,1-2H3;4H,2-3H2,1H3;2H,1H3;4*1H4;. The zero-order chi connectivity index (χ0) is 10.9. The Balaban J connectivity index is -0.0000000131. The smallest absolute Gasteiger partial charge is 0.0696 e. The molecule has 0 atom stereocenters. The summed E-state index contributed by atoms with van der Waals surface area (Å²) in [5, 5.41) is 14.9. The van der Waals surface area contributed by atoms with Crippen LogP contribution >= 0.6 is 0 Å². The first kappa shape index (κ1) is 51.4. The Morgan fingerprint density at radius 3 is 0.944 bits per heavy atom. The van der Waals surface area contributed by atoms with Crippen molar-refractivity contribution in [2.45, 2.75) is 29.7 Å². The summed E-state index contributed by atoms with van der Waals surface area (Å²) in [6, 6.07) is 0. The fourth-order valence-electron chi connectivity index (χ4n) is 0.258. The van der Waals surface area contributed by atoms with Gasteiger partial charge in [-0.15, -0.1) is 0 Å². The van der Waals surface area contributed by atoms with Crippen molar-refractivity contribution in [1.82, 2.24) is 0 Å². The maximum atomic E-state index is 7.94. The van der Waals surface area contributed by atoms with Gasteiger partial charge in [0.1, 0.15) is 0 Å². The fourth-order valence-corrected chi connectivity index (χ4v) is 0.258. The third-order valence-electron chi connectivity index (χ3n) is 0.787. The van der Waals surface area contributed by atoms with Crippen LogP contribution in [-0.2, 0) is 35.3 Å². The summed E-state index contributed by atoms with van der Waals surface area (Å²) in [4.78, 5) is 0. The number of rotatable bonds is 5. The zero-order valence-electron chi connectivity index (χ0n) is 9.36. The van der Waals surface area contributed by atoms with Gasteiger partial charge in [-0.3, -0.25) is 0 Å². The van der Waals surface area contributed by atoms with Crippen LogP contribution in [0.1, 0.15) is 29.7 Å². The van der Waals surface area contributed by atoms with Gasteiger partial charge in [0.05, 0.1) is 26.4 Å². The average Bonchev–Trinajstić information content (AvgIpc) is 2.20. The summed E-state index contributed by atoms with van der Waals surface area (Å²) >= 11 is 0. The van der Waals surface area contributed by atoms with E-state index >= 15 is 0 Å². The maximum absolute atomic E-state index is 7.94. The van der Waals surface area contributed by atoms with Gasteiger partial charge in [-0.1, -0.05) is 29.7 Å². The number of aliphatic hydroxyl groups excluding tert-OH is 2. The number of ether oxygens (including phenoxy) is 3. The molecule has 0 rings (SSSR count). The van der Waals surface area contributed by atoms with E-state index in [-0.39, 0.29) is 57.4 Å². The minimum Gasteiger partial charge on any atom is -0.400 e. The minimum atomic E-state index is 0. The Morgan fingerprint density at radius 2 is 0.889 bits per heavy atom.